The minimum absolute atomic E-state index is 0.0422. The molecule has 0 aliphatic heterocycles. The number of carboxylic acid groups (broad SMARTS) is 1. The predicted octanol–water partition coefficient (Wildman–Crippen LogP) is 1.46. The molecule has 0 unspecified atom stereocenters. The van der Waals surface area contributed by atoms with Crippen molar-refractivity contribution in [3.63, 3.8) is 0 Å². The van der Waals surface area contributed by atoms with Gasteiger partial charge in [0.2, 0.25) is 0 Å². The van der Waals surface area contributed by atoms with Gasteiger partial charge in [0.25, 0.3) is 5.82 Å². The molecule has 88 valence electrons. The van der Waals surface area contributed by atoms with Crippen LogP contribution < -0.4 is 0 Å². The first kappa shape index (κ1) is 11.2. The van der Waals surface area contributed by atoms with Crippen LogP contribution in [0.25, 0.3) is 11.4 Å². The molecule has 2 aromatic rings. The molecule has 0 amide bonds. The van der Waals surface area contributed by atoms with E-state index in [1.165, 1.54) is 19.2 Å². The predicted molar refractivity (Wildman–Crippen MR) is 53.3 cm³/mol. The van der Waals surface area contributed by atoms with Crippen molar-refractivity contribution in [3.05, 3.63) is 35.7 Å². The number of benzene rings is 1. The second-order valence-corrected chi connectivity index (χ2v) is 3.29. The number of aromatic carboxylic acids is 1. The van der Waals surface area contributed by atoms with Crippen molar-refractivity contribution in [2.24, 2.45) is 7.05 Å². The highest BCUT2D eigenvalue weighted by Gasteiger charge is 2.18. The minimum atomic E-state index is -1.33. The maximum Gasteiger partial charge on any atom is 0.375 e. The van der Waals surface area contributed by atoms with Gasteiger partial charge in [0.15, 0.2) is 17.5 Å². The van der Waals surface area contributed by atoms with Crippen LogP contribution in [0.15, 0.2) is 18.2 Å². The summed E-state index contributed by atoms with van der Waals surface area (Å²) < 4.78 is 27.6. The molecule has 0 atom stereocenters. The average molecular weight is 239 g/mol. The van der Waals surface area contributed by atoms with Gasteiger partial charge in [0, 0.05) is 7.05 Å². The van der Waals surface area contributed by atoms with Crippen molar-refractivity contribution in [1.82, 2.24) is 14.8 Å². The Morgan fingerprint density at radius 3 is 2.71 bits per heavy atom. The number of carboxylic acids is 1. The number of aryl methyl sites for hydroxylation is 1. The Morgan fingerprint density at radius 1 is 1.41 bits per heavy atom. The summed E-state index contributed by atoms with van der Waals surface area (Å²) in [4.78, 5) is 14.3. The summed E-state index contributed by atoms with van der Waals surface area (Å²) in [6, 6.07) is 3.57. The van der Waals surface area contributed by atoms with E-state index in [1.54, 1.807) is 0 Å². The third kappa shape index (κ3) is 1.86. The zero-order valence-electron chi connectivity index (χ0n) is 8.69. The van der Waals surface area contributed by atoms with Crippen molar-refractivity contribution < 1.29 is 18.7 Å². The number of nitrogens with zero attached hydrogens (tertiary/aromatic N) is 3. The molecule has 0 bridgehead atoms. The lowest BCUT2D eigenvalue weighted by atomic mass is 10.2. The fourth-order valence-corrected chi connectivity index (χ4v) is 1.39. The molecule has 5 nitrogen and oxygen atoms in total. The normalized spacial score (nSPS) is 10.5. The van der Waals surface area contributed by atoms with E-state index in [4.69, 9.17) is 5.11 Å². The van der Waals surface area contributed by atoms with Crippen molar-refractivity contribution in [1.29, 1.82) is 0 Å². The molecule has 0 aliphatic rings. The zero-order valence-corrected chi connectivity index (χ0v) is 8.69. The second kappa shape index (κ2) is 3.93. The van der Waals surface area contributed by atoms with Gasteiger partial charge in [-0.2, -0.15) is 0 Å². The first-order valence-electron chi connectivity index (χ1n) is 4.59. The Morgan fingerprint density at radius 2 is 2.12 bits per heavy atom. The largest absolute Gasteiger partial charge is 0.475 e. The van der Waals surface area contributed by atoms with Crippen LogP contribution in [0.4, 0.5) is 8.78 Å². The van der Waals surface area contributed by atoms with E-state index in [0.29, 0.717) is 0 Å². The van der Waals surface area contributed by atoms with Crippen molar-refractivity contribution in [3.8, 4) is 11.4 Å². The Kier molecular flexibility index (Phi) is 2.58. The summed E-state index contributed by atoms with van der Waals surface area (Å²) in [5, 5.41) is 12.3. The topological polar surface area (TPSA) is 68.0 Å². The van der Waals surface area contributed by atoms with Gasteiger partial charge in [0.1, 0.15) is 0 Å². The molecule has 1 aromatic heterocycles. The van der Waals surface area contributed by atoms with Crippen LogP contribution in [0.3, 0.4) is 0 Å². The fraction of sp³-hybridized carbons (Fsp3) is 0.100. The van der Waals surface area contributed by atoms with Gasteiger partial charge < -0.3 is 5.11 Å². The highest BCUT2D eigenvalue weighted by Crippen LogP contribution is 2.22. The maximum absolute atomic E-state index is 13.5. The zero-order chi connectivity index (χ0) is 12.6. The Labute approximate surface area is 94.3 Å². The molecule has 1 heterocycles. The lowest BCUT2D eigenvalue weighted by molar-refractivity contribution is 0.0683. The SMILES string of the molecule is Cn1nc(C(=O)O)nc1-c1cccc(F)c1F. The van der Waals surface area contributed by atoms with Crippen LogP contribution in [-0.2, 0) is 7.05 Å². The summed E-state index contributed by atoms with van der Waals surface area (Å²) in [6.07, 6.45) is 0. The highest BCUT2D eigenvalue weighted by molar-refractivity contribution is 5.83. The number of carbonyl (C=O) groups is 1. The Bertz CT molecular complexity index is 595. The van der Waals surface area contributed by atoms with Crippen LogP contribution in [0.1, 0.15) is 10.6 Å². The molecule has 7 heteroatoms. The first-order valence-corrected chi connectivity index (χ1v) is 4.59. The molecule has 0 saturated carbocycles. The van der Waals surface area contributed by atoms with Gasteiger partial charge in [-0.25, -0.2) is 23.2 Å². The van der Waals surface area contributed by atoms with E-state index >= 15 is 0 Å². The van der Waals surface area contributed by atoms with Crippen molar-refractivity contribution in [2.75, 3.05) is 0 Å². The smallest absolute Gasteiger partial charge is 0.375 e. The van der Waals surface area contributed by atoms with E-state index < -0.39 is 23.4 Å². The molecule has 1 aromatic carbocycles. The highest BCUT2D eigenvalue weighted by atomic mass is 19.2. The molecule has 0 radical (unpaired) electrons. The van der Waals surface area contributed by atoms with Crippen molar-refractivity contribution >= 4 is 5.97 Å². The summed E-state index contributed by atoms with van der Waals surface area (Å²) in [5.41, 5.74) is -0.132. The Hall–Kier alpha value is -2.31. The van der Waals surface area contributed by atoms with Crippen molar-refractivity contribution in [2.45, 2.75) is 0 Å². The number of hydrogen-bond acceptors (Lipinski definition) is 3. The molecule has 17 heavy (non-hydrogen) atoms. The van der Waals surface area contributed by atoms with E-state index in [0.717, 1.165) is 10.7 Å². The van der Waals surface area contributed by atoms with Gasteiger partial charge in [-0.3, -0.25) is 0 Å². The first-order chi connectivity index (χ1) is 8.00. The maximum atomic E-state index is 13.5. The summed E-state index contributed by atoms with van der Waals surface area (Å²) in [5.74, 6) is -3.95. The number of aromatic nitrogens is 3. The van der Waals surface area contributed by atoms with Crippen LogP contribution in [0, 0.1) is 11.6 Å². The number of hydrogen-bond donors (Lipinski definition) is 1. The number of halogens is 2. The molecular formula is C10H7F2N3O2. The third-order valence-electron chi connectivity index (χ3n) is 2.15. The monoisotopic (exact) mass is 239 g/mol. The second-order valence-electron chi connectivity index (χ2n) is 3.29. The standard InChI is InChI=1S/C10H7F2N3O2/c1-15-9(13-8(14-15)10(16)17)5-3-2-4-6(11)7(5)12/h2-4H,1H3,(H,16,17). The van der Waals surface area contributed by atoms with Crippen LogP contribution in [0.5, 0.6) is 0 Å². The van der Waals surface area contributed by atoms with E-state index in [1.807, 2.05) is 0 Å². The van der Waals surface area contributed by atoms with Gasteiger partial charge in [0.05, 0.1) is 5.56 Å². The minimum Gasteiger partial charge on any atom is -0.475 e. The lowest BCUT2D eigenvalue weighted by Crippen LogP contribution is -2.00. The molecule has 0 spiro atoms. The molecule has 2 rings (SSSR count). The number of rotatable bonds is 2. The lowest BCUT2D eigenvalue weighted by Gasteiger charge is -2.01. The van der Waals surface area contributed by atoms with Gasteiger partial charge >= 0.3 is 5.97 Å². The summed E-state index contributed by atoms with van der Waals surface area (Å²) in [6.45, 7) is 0. The molecule has 0 saturated heterocycles. The average Bonchev–Trinajstić information content (AvgIpc) is 2.65. The Balaban J connectivity index is 2.60. The quantitative estimate of drug-likeness (QED) is 0.861. The van der Waals surface area contributed by atoms with Crippen LogP contribution in [-0.4, -0.2) is 25.8 Å². The van der Waals surface area contributed by atoms with Crippen LogP contribution in [0.2, 0.25) is 0 Å². The fourth-order valence-electron chi connectivity index (χ4n) is 1.39. The third-order valence-corrected chi connectivity index (χ3v) is 2.15. The van der Waals surface area contributed by atoms with E-state index in [2.05, 4.69) is 10.1 Å². The van der Waals surface area contributed by atoms with Gasteiger partial charge in [-0.05, 0) is 12.1 Å². The molecule has 0 fully saturated rings. The summed E-state index contributed by atoms with van der Waals surface area (Å²) >= 11 is 0. The molecular weight excluding hydrogens is 232 g/mol. The van der Waals surface area contributed by atoms with Gasteiger partial charge in [-0.1, -0.05) is 6.07 Å². The van der Waals surface area contributed by atoms with E-state index in [9.17, 15) is 13.6 Å². The molecule has 1 N–H and O–H groups in total. The van der Waals surface area contributed by atoms with E-state index in [-0.39, 0.29) is 11.4 Å². The molecule has 0 aliphatic carbocycles. The van der Waals surface area contributed by atoms with Gasteiger partial charge in [-0.15, -0.1) is 5.10 Å². The van der Waals surface area contributed by atoms with Crippen LogP contribution >= 0.6 is 0 Å². The summed E-state index contributed by atoms with van der Waals surface area (Å²) in [7, 11) is 1.40.